The summed E-state index contributed by atoms with van der Waals surface area (Å²) in [6.45, 7) is 6.49. The molecule has 2 N–H and O–H groups in total. The summed E-state index contributed by atoms with van der Waals surface area (Å²) in [7, 11) is 0. The number of nitrogens with zero attached hydrogens (tertiary/aromatic N) is 1. The molecular weight excluding hydrogens is 224 g/mol. The zero-order valence-corrected chi connectivity index (χ0v) is 11.3. The van der Waals surface area contributed by atoms with Gasteiger partial charge in [-0.05, 0) is 50.4 Å². The Balaban J connectivity index is 1.72. The highest BCUT2D eigenvalue weighted by Gasteiger charge is 2.14. The van der Waals surface area contributed by atoms with E-state index in [9.17, 15) is 0 Å². The molecular formula is C15H24N2O. The Kier molecular flexibility index (Phi) is 5.02. The van der Waals surface area contributed by atoms with Crippen LogP contribution in [0.25, 0.3) is 0 Å². The Labute approximate surface area is 110 Å². The van der Waals surface area contributed by atoms with Crippen molar-refractivity contribution >= 4 is 5.69 Å². The molecule has 0 radical (unpaired) electrons. The van der Waals surface area contributed by atoms with Crippen molar-refractivity contribution in [2.45, 2.75) is 32.3 Å². The van der Waals surface area contributed by atoms with E-state index >= 15 is 0 Å². The van der Waals surface area contributed by atoms with Gasteiger partial charge in [-0.15, -0.1) is 0 Å². The zero-order valence-electron chi connectivity index (χ0n) is 11.3. The Morgan fingerprint density at radius 2 is 2.11 bits per heavy atom. The van der Waals surface area contributed by atoms with Gasteiger partial charge in [0.15, 0.2) is 0 Å². The molecule has 0 bridgehead atoms. The maximum Gasteiger partial charge on any atom is 0.0673 e. The molecule has 3 heteroatoms. The second-order valence-electron chi connectivity index (χ2n) is 5.18. The summed E-state index contributed by atoms with van der Waals surface area (Å²) in [4.78, 5) is 2.52. The van der Waals surface area contributed by atoms with Crippen LogP contribution in [0.4, 0.5) is 5.69 Å². The molecule has 1 saturated heterocycles. The zero-order chi connectivity index (χ0) is 12.8. The van der Waals surface area contributed by atoms with Crippen LogP contribution in [-0.4, -0.2) is 37.2 Å². The first kappa shape index (κ1) is 13.4. The minimum Gasteiger partial charge on any atom is -0.399 e. The predicted octanol–water partition coefficient (Wildman–Crippen LogP) is 2.31. The van der Waals surface area contributed by atoms with E-state index in [1.165, 1.54) is 18.5 Å². The molecule has 0 saturated carbocycles. The molecule has 3 nitrogen and oxygen atoms in total. The highest BCUT2D eigenvalue weighted by Crippen LogP contribution is 2.10. The van der Waals surface area contributed by atoms with Crippen LogP contribution in [0.2, 0.25) is 0 Å². The summed E-state index contributed by atoms with van der Waals surface area (Å²) in [5.41, 5.74) is 7.91. The van der Waals surface area contributed by atoms with Crippen molar-refractivity contribution in [3.63, 3.8) is 0 Å². The van der Waals surface area contributed by atoms with E-state index in [2.05, 4.69) is 24.0 Å². The van der Waals surface area contributed by atoms with Gasteiger partial charge in [-0.3, -0.25) is 0 Å². The average Bonchev–Trinajstić information content (AvgIpc) is 2.56. The van der Waals surface area contributed by atoms with Crippen LogP contribution in [0.5, 0.6) is 0 Å². The molecule has 1 aromatic carbocycles. The quantitative estimate of drug-likeness (QED) is 0.831. The third kappa shape index (κ3) is 4.31. The molecule has 18 heavy (non-hydrogen) atoms. The molecule has 0 aromatic heterocycles. The number of anilines is 1. The highest BCUT2D eigenvalue weighted by atomic mass is 16.5. The molecule has 0 aliphatic carbocycles. The van der Waals surface area contributed by atoms with Crippen LogP contribution in [-0.2, 0) is 11.2 Å². The Bertz CT molecular complexity index is 350. The van der Waals surface area contributed by atoms with Crippen LogP contribution in [0.15, 0.2) is 24.3 Å². The lowest BCUT2D eigenvalue weighted by molar-refractivity contribution is 0.0676. The van der Waals surface area contributed by atoms with Gasteiger partial charge in [0.1, 0.15) is 0 Å². The van der Waals surface area contributed by atoms with Crippen molar-refractivity contribution in [2.75, 3.05) is 32.0 Å². The standard InChI is InChI=1S/C15H24N2O/c1-13-12-17(10-3-11-18-13)9-2-4-14-5-7-15(16)8-6-14/h5-8,13H,2-4,9-12,16H2,1H3. The fraction of sp³-hybridized carbons (Fsp3) is 0.600. The molecule has 1 heterocycles. The van der Waals surface area contributed by atoms with E-state index < -0.39 is 0 Å². The number of aryl methyl sites for hydroxylation is 1. The summed E-state index contributed by atoms with van der Waals surface area (Å²) in [6, 6.07) is 8.22. The van der Waals surface area contributed by atoms with Gasteiger partial charge in [-0.25, -0.2) is 0 Å². The normalized spacial score (nSPS) is 21.7. The molecule has 1 aliphatic heterocycles. The average molecular weight is 248 g/mol. The van der Waals surface area contributed by atoms with Crippen LogP contribution in [0.3, 0.4) is 0 Å². The highest BCUT2D eigenvalue weighted by molar-refractivity contribution is 5.39. The van der Waals surface area contributed by atoms with Gasteiger partial charge in [0, 0.05) is 25.4 Å². The Morgan fingerprint density at radius 3 is 2.89 bits per heavy atom. The summed E-state index contributed by atoms with van der Waals surface area (Å²) in [5, 5.41) is 0. The third-order valence-electron chi connectivity index (χ3n) is 3.46. The molecule has 0 amide bonds. The van der Waals surface area contributed by atoms with Crippen molar-refractivity contribution in [3.05, 3.63) is 29.8 Å². The van der Waals surface area contributed by atoms with Crippen molar-refractivity contribution in [2.24, 2.45) is 0 Å². The SMILES string of the molecule is CC1CN(CCCc2ccc(N)cc2)CCCO1. The van der Waals surface area contributed by atoms with Crippen molar-refractivity contribution in [3.8, 4) is 0 Å². The maximum atomic E-state index is 5.68. The summed E-state index contributed by atoms with van der Waals surface area (Å²) in [5.74, 6) is 0. The van der Waals surface area contributed by atoms with E-state index in [0.717, 1.165) is 38.2 Å². The molecule has 100 valence electrons. The van der Waals surface area contributed by atoms with Gasteiger partial charge >= 0.3 is 0 Å². The van der Waals surface area contributed by atoms with Gasteiger partial charge in [0.2, 0.25) is 0 Å². The first-order chi connectivity index (χ1) is 8.74. The number of nitrogens with two attached hydrogens (primary N) is 1. The van der Waals surface area contributed by atoms with Crippen LogP contribution >= 0.6 is 0 Å². The smallest absolute Gasteiger partial charge is 0.0673 e. The largest absolute Gasteiger partial charge is 0.399 e. The monoisotopic (exact) mass is 248 g/mol. The first-order valence-electron chi connectivity index (χ1n) is 6.92. The molecule has 1 fully saturated rings. The first-order valence-corrected chi connectivity index (χ1v) is 6.92. The van der Waals surface area contributed by atoms with Gasteiger partial charge in [0.05, 0.1) is 6.10 Å². The summed E-state index contributed by atoms with van der Waals surface area (Å²) < 4.78 is 5.66. The lowest BCUT2D eigenvalue weighted by Gasteiger charge is -2.21. The Hall–Kier alpha value is -1.06. The van der Waals surface area contributed by atoms with Gasteiger partial charge in [-0.1, -0.05) is 12.1 Å². The van der Waals surface area contributed by atoms with E-state index in [0.29, 0.717) is 6.10 Å². The fourth-order valence-electron chi connectivity index (χ4n) is 2.47. The molecule has 1 aliphatic rings. The lowest BCUT2D eigenvalue weighted by atomic mass is 10.1. The van der Waals surface area contributed by atoms with E-state index in [1.807, 2.05) is 12.1 Å². The van der Waals surface area contributed by atoms with Gasteiger partial charge in [-0.2, -0.15) is 0 Å². The number of hydrogen-bond donors (Lipinski definition) is 1. The van der Waals surface area contributed by atoms with E-state index in [-0.39, 0.29) is 0 Å². The Morgan fingerprint density at radius 1 is 1.33 bits per heavy atom. The van der Waals surface area contributed by atoms with Crippen LogP contribution in [0.1, 0.15) is 25.3 Å². The number of benzene rings is 1. The van der Waals surface area contributed by atoms with Crippen molar-refractivity contribution in [1.29, 1.82) is 0 Å². The molecule has 1 atom stereocenters. The van der Waals surface area contributed by atoms with Gasteiger partial charge < -0.3 is 15.4 Å². The number of rotatable bonds is 4. The summed E-state index contributed by atoms with van der Waals surface area (Å²) in [6.07, 6.45) is 3.87. The number of hydrogen-bond acceptors (Lipinski definition) is 3. The molecule has 2 rings (SSSR count). The third-order valence-corrected chi connectivity index (χ3v) is 3.46. The minimum atomic E-state index is 0.379. The molecule has 1 unspecified atom stereocenters. The second-order valence-corrected chi connectivity index (χ2v) is 5.18. The fourth-order valence-corrected chi connectivity index (χ4v) is 2.47. The predicted molar refractivity (Wildman–Crippen MR) is 75.6 cm³/mol. The van der Waals surface area contributed by atoms with Crippen LogP contribution in [0, 0.1) is 0 Å². The van der Waals surface area contributed by atoms with E-state index in [4.69, 9.17) is 10.5 Å². The van der Waals surface area contributed by atoms with Crippen molar-refractivity contribution < 1.29 is 4.74 Å². The topological polar surface area (TPSA) is 38.5 Å². The minimum absolute atomic E-state index is 0.379. The number of ether oxygens (including phenoxy) is 1. The number of nitrogen functional groups attached to an aromatic ring is 1. The van der Waals surface area contributed by atoms with Gasteiger partial charge in [0.25, 0.3) is 0 Å². The molecule has 1 aromatic rings. The lowest BCUT2D eigenvalue weighted by Crippen LogP contribution is -2.31. The van der Waals surface area contributed by atoms with Crippen LogP contribution < -0.4 is 5.73 Å². The second kappa shape index (κ2) is 6.76. The maximum absolute atomic E-state index is 5.68. The summed E-state index contributed by atoms with van der Waals surface area (Å²) >= 11 is 0. The van der Waals surface area contributed by atoms with Crippen molar-refractivity contribution in [1.82, 2.24) is 4.90 Å². The molecule has 0 spiro atoms. The van der Waals surface area contributed by atoms with E-state index in [1.54, 1.807) is 0 Å².